The summed E-state index contributed by atoms with van der Waals surface area (Å²) < 4.78 is 37.7. The minimum Gasteiger partial charge on any atom is -0.241 e. The molecule has 0 saturated carbocycles. The molecule has 3 nitrogen and oxygen atoms in total. The van der Waals surface area contributed by atoms with E-state index in [1.165, 1.54) is 11.2 Å². The third kappa shape index (κ3) is 2.92. The fraction of sp³-hybridized carbons (Fsp3) is 1.00. The molecule has 0 aromatic rings. The van der Waals surface area contributed by atoms with Gasteiger partial charge in [0.25, 0.3) is 0 Å². The Morgan fingerprint density at radius 2 is 1.79 bits per heavy atom. The van der Waals surface area contributed by atoms with Gasteiger partial charge < -0.3 is 0 Å². The molecule has 0 aromatic heterocycles. The highest BCUT2D eigenvalue weighted by Gasteiger charge is 2.45. The van der Waals surface area contributed by atoms with Crippen molar-refractivity contribution in [2.45, 2.75) is 33.4 Å². The van der Waals surface area contributed by atoms with Gasteiger partial charge in [0.15, 0.2) is 0 Å². The number of hydrogen-bond acceptors (Lipinski definition) is 2. The van der Waals surface area contributed by atoms with E-state index >= 15 is 0 Å². The summed E-state index contributed by atoms with van der Waals surface area (Å²) in [5, 5.41) is 0. The minimum absolute atomic E-state index is 0.00537. The monoisotopic (exact) mass is 223 g/mol. The Morgan fingerprint density at radius 3 is 2.07 bits per heavy atom. The Hall–Kier alpha value is -0.160. The summed E-state index contributed by atoms with van der Waals surface area (Å²) in [5.41, 5.74) is -1.61. The van der Waals surface area contributed by atoms with Crippen molar-refractivity contribution in [3.8, 4) is 0 Å². The molecule has 14 heavy (non-hydrogen) atoms. The Kier molecular flexibility index (Phi) is 2.69. The molecule has 0 atom stereocenters. The quantitative estimate of drug-likeness (QED) is 0.709. The van der Waals surface area contributed by atoms with Crippen molar-refractivity contribution >= 4 is 10.0 Å². The van der Waals surface area contributed by atoms with E-state index in [2.05, 4.69) is 0 Å². The molecule has 1 aliphatic heterocycles. The summed E-state index contributed by atoms with van der Waals surface area (Å²) in [6.45, 7) is 7.02. The van der Waals surface area contributed by atoms with Crippen LogP contribution in [0.2, 0.25) is 0 Å². The molecule has 84 valence electrons. The zero-order valence-corrected chi connectivity index (χ0v) is 9.99. The summed E-state index contributed by atoms with van der Waals surface area (Å²) in [6.07, 6.45) is 0. The van der Waals surface area contributed by atoms with Gasteiger partial charge in [-0.15, -0.1) is 0 Å². The van der Waals surface area contributed by atoms with Crippen LogP contribution >= 0.6 is 0 Å². The van der Waals surface area contributed by atoms with Crippen LogP contribution in [0, 0.1) is 5.41 Å². The second-order valence-electron chi connectivity index (χ2n) is 5.50. The van der Waals surface area contributed by atoms with Crippen molar-refractivity contribution < 1.29 is 12.8 Å². The van der Waals surface area contributed by atoms with Crippen molar-refractivity contribution in [3.05, 3.63) is 0 Å². The fourth-order valence-corrected chi connectivity index (χ4v) is 3.73. The summed E-state index contributed by atoms with van der Waals surface area (Å²) in [4.78, 5) is 0. The topological polar surface area (TPSA) is 37.4 Å². The first-order chi connectivity index (χ1) is 6.02. The van der Waals surface area contributed by atoms with Gasteiger partial charge in [-0.3, -0.25) is 0 Å². The molecular formula is C9H18FNO2S. The van der Waals surface area contributed by atoms with E-state index in [4.69, 9.17) is 0 Å². The number of halogens is 1. The number of nitrogens with zero attached hydrogens (tertiary/aromatic N) is 1. The van der Waals surface area contributed by atoms with Gasteiger partial charge in [-0.2, -0.15) is 4.31 Å². The Labute approximate surface area is 85.3 Å². The molecule has 0 radical (unpaired) electrons. The first kappa shape index (κ1) is 11.9. The lowest BCUT2D eigenvalue weighted by Gasteiger charge is -2.41. The van der Waals surface area contributed by atoms with Gasteiger partial charge in [-0.05, 0) is 12.3 Å². The molecule has 0 aliphatic carbocycles. The Morgan fingerprint density at radius 1 is 1.36 bits per heavy atom. The van der Waals surface area contributed by atoms with Crippen LogP contribution in [-0.2, 0) is 10.0 Å². The second kappa shape index (κ2) is 3.17. The SMILES string of the molecule is CC(C)(C)CS(=O)(=O)N1CC(C)(F)C1. The number of alkyl halides is 1. The molecule has 1 saturated heterocycles. The van der Waals surface area contributed by atoms with E-state index in [1.807, 2.05) is 20.8 Å². The van der Waals surface area contributed by atoms with Crippen LogP contribution in [0.5, 0.6) is 0 Å². The van der Waals surface area contributed by atoms with Crippen LogP contribution in [0.1, 0.15) is 27.7 Å². The summed E-state index contributed by atoms with van der Waals surface area (Å²) in [5.74, 6) is 0.0794. The first-order valence-corrected chi connectivity index (χ1v) is 6.30. The van der Waals surface area contributed by atoms with Gasteiger partial charge in [0.05, 0.1) is 5.75 Å². The van der Waals surface area contributed by atoms with Gasteiger partial charge in [0, 0.05) is 13.1 Å². The molecule has 0 amide bonds. The van der Waals surface area contributed by atoms with E-state index < -0.39 is 15.7 Å². The van der Waals surface area contributed by atoms with Crippen LogP contribution in [0.3, 0.4) is 0 Å². The van der Waals surface area contributed by atoms with Crippen LogP contribution < -0.4 is 0 Å². The second-order valence-corrected chi connectivity index (χ2v) is 7.47. The van der Waals surface area contributed by atoms with Gasteiger partial charge in [0.2, 0.25) is 10.0 Å². The highest BCUT2D eigenvalue weighted by Crippen LogP contribution is 2.29. The summed E-state index contributed by atoms with van der Waals surface area (Å²) in [6, 6.07) is 0. The average Bonchev–Trinajstić information content (AvgIpc) is 1.76. The van der Waals surface area contributed by atoms with Crippen molar-refractivity contribution in [1.29, 1.82) is 0 Å². The zero-order chi connectivity index (χ0) is 11.2. The van der Waals surface area contributed by atoms with E-state index in [0.717, 1.165) is 0 Å². The Bertz CT molecular complexity index is 308. The Balaban J connectivity index is 2.62. The molecule has 5 heteroatoms. The maximum absolute atomic E-state index is 13.1. The maximum atomic E-state index is 13.1. The van der Waals surface area contributed by atoms with E-state index in [9.17, 15) is 12.8 Å². The fourth-order valence-electron chi connectivity index (χ4n) is 1.52. The van der Waals surface area contributed by atoms with Crippen LogP contribution in [-0.4, -0.2) is 37.2 Å². The maximum Gasteiger partial charge on any atom is 0.214 e. The molecule has 0 bridgehead atoms. The molecule has 1 rings (SSSR count). The predicted octanol–water partition coefficient (Wildman–Crippen LogP) is 1.41. The van der Waals surface area contributed by atoms with Crippen LogP contribution in [0.4, 0.5) is 4.39 Å². The van der Waals surface area contributed by atoms with Gasteiger partial charge in [-0.25, -0.2) is 12.8 Å². The highest BCUT2D eigenvalue weighted by molar-refractivity contribution is 7.89. The van der Waals surface area contributed by atoms with Gasteiger partial charge in [0.1, 0.15) is 5.67 Å². The standard InChI is InChI=1S/C9H18FNO2S/c1-8(2,3)7-14(12,13)11-5-9(4,10)6-11/h5-7H2,1-4H3. The van der Waals surface area contributed by atoms with E-state index in [0.29, 0.717) is 0 Å². The minimum atomic E-state index is -3.26. The van der Waals surface area contributed by atoms with E-state index in [1.54, 1.807) is 0 Å². The normalized spacial score (nSPS) is 23.2. The number of hydrogen-bond donors (Lipinski definition) is 0. The van der Waals surface area contributed by atoms with Gasteiger partial charge >= 0.3 is 0 Å². The van der Waals surface area contributed by atoms with Crippen LogP contribution in [0.15, 0.2) is 0 Å². The molecule has 0 N–H and O–H groups in total. The molecule has 0 unspecified atom stereocenters. The summed E-state index contributed by atoms with van der Waals surface area (Å²) >= 11 is 0. The molecule has 1 heterocycles. The van der Waals surface area contributed by atoms with Gasteiger partial charge in [-0.1, -0.05) is 20.8 Å². The smallest absolute Gasteiger partial charge is 0.214 e. The van der Waals surface area contributed by atoms with Crippen molar-refractivity contribution in [2.75, 3.05) is 18.8 Å². The largest absolute Gasteiger partial charge is 0.241 e. The molecular weight excluding hydrogens is 205 g/mol. The lowest BCUT2D eigenvalue weighted by atomic mass is 10.0. The molecule has 0 spiro atoms. The number of rotatable bonds is 2. The zero-order valence-electron chi connectivity index (χ0n) is 9.17. The van der Waals surface area contributed by atoms with E-state index in [-0.39, 0.29) is 24.3 Å². The number of sulfonamides is 1. The van der Waals surface area contributed by atoms with Crippen molar-refractivity contribution in [3.63, 3.8) is 0 Å². The molecule has 1 fully saturated rings. The lowest BCUT2D eigenvalue weighted by molar-refractivity contribution is 0.0392. The molecule has 1 aliphatic rings. The van der Waals surface area contributed by atoms with Crippen molar-refractivity contribution in [1.82, 2.24) is 4.31 Å². The first-order valence-electron chi connectivity index (χ1n) is 4.69. The molecule has 0 aromatic carbocycles. The predicted molar refractivity (Wildman–Crippen MR) is 54.3 cm³/mol. The third-order valence-corrected chi connectivity index (χ3v) is 4.30. The average molecular weight is 223 g/mol. The van der Waals surface area contributed by atoms with Crippen LogP contribution in [0.25, 0.3) is 0 Å². The highest BCUT2D eigenvalue weighted by atomic mass is 32.2. The third-order valence-electron chi connectivity index (χ3n) is 2.02. The van der Waals surface area contributed by atoms with Crippen molar-refractivity contribution in [2.24, 2.45) is 5.41 Å². The summed E-state index contributed by atoms with van der Waals surface area (Å²) in [7, 11) is -3.26. The lowest BCUT2D eigenvalue weighted by Crippen LogP contribution is -2.60.